The van der Waals surface area contributed by atoms with Gasteiger partial charge in [-0.15, -0.1) is 11.8 Å². The zero-order valence-electron chi connectivity index (χ0n) is 18.4. The van der Waals surface area contributed by atoms with Crippen LogP contribution in [0.25, 0.3) is 10.9 Å². The number of benzene rings is 2. The van der Waals surface area contributed by atoms with Crippen molar-refractivity contribution in [3.8, 4) is 0 Å². The Kier molecular flexibility index (Phi) is 5.88. The van der Waals surface area contributed by atoms with Crippen LogP contribution in [-0.4, -0.2) is 53.0 Å². The van der Waals surface area contributed by atoms with Gasteiger partial charge in [0.25, 0.3) is 5.56 Å². The number of thioether (sulfide) groups is 1. The molecule has 1 saturated heterocycles. The third-order valence-corrected chi connectivity index (χ3v) is 6.96. The molecule has 1 unspecified atom stereocenters. The van der Waals surface area contributed by atoms with Gasteiger partial charge in [0.2, 0.25) is 5.91 Å². The van der Waals surface area contributed by atoms with Crippen molar-refractivity contribution in [2.45, 2.75) is 24.5 Å². The fourth-order valence-corrected chi connectivity index (χ4v) is 4.99. The lowest BCUT2D eigenvalue weighted by molar-refractivity contribution is -0.113. The number of cyclic esters (lactones) is 1. The van der Waals surface area contributed by atoms with Crippen LogP contribution in [0, 0.1) is 6.92 Å². The molecular formula is C23H23N5O5S. The molecule has 2 amide bonds. The number of hydrogen-bond acceptors (Lipinski definition) is 7. The maximum atomic E-state index is 12.8. The molecular weight excluding hydrogens is 458 g/mol. The van der Waals surface area contributed by atoms with Gasteiger partial charge in [0, 0.05) is 30.2 Å². The molecule has 1 aromatic heterocycles. The third-order valence-electron chi connectivity index (χ3n) is 5.88. The Morgan fingerprint density at radius 2 is 2.03 bits per heavy atom. The van der Waals surface area contributed by atoms with Gasteiger partial charge in [-0.1, -0.05) is 12.1 Å². The number of H-pyrrole nitrogens is 1. The Labute approximate surface area is 198 Å². The van der Waals surface area contributed by atoms with Gasteiger partial charge < -0.3 is 20.4 Å². The molecule has 0 bridgehead atoms. The van der Waals surface area contributed by atoms with Crippen molar-refractivity contribution in [2.24, 2.45) is 0 Å². The molecule has 5 rings (SSSR count). The van der Waals surface area contributed by atoms with Crippen molar-refractivity contribution < 1.29 is 14.3 Å². The molecule has 3 heterocycles. The summed E-state index contributed by atoms with van der Waals surface area (Å²) >= 11 is 1.46. The summed E-state index contributed by atoms with van der Waals surface area (Å²) in [6.07, 6.45) is -0.847. The van der Waals surface area contributed by atoms with Crippen LogP contribution in [0.1, 0.15) is 5.56 Å². The highest BCUT2D eigenvalue weighted by molar-refractivity contribution is 8.00. The zero-order chi connectivity index (χ0) is 23.8. The summed E-state index contributed by atoms with van der Waals surface area (Å²) in [6, 6.07) is 10.8. The molecule has 2 aliphatic heterocycles. The van der Waals surface area contributed by atoms with E-state index in [0.29, 0.717) is 47.7 Å². The highest BCUT2D eigenvalue weighted by atomic mass is 32.2. The molecule has 0 saturated carbocycles. The molecule has 1 atom stereocenters. The minimum Gasteiger partial charge on any atom is -0.443 e. The van der Waals surface area contributed by atoms with E-state index in [-0.39, 0.29) is 24.1 Å². The van der Waals surface area contributed by atoms with Gasteiger partial charge in [-0.05, 0) is 36.8 Å². The Bertz CT molecular complexity index is 1420. The fraction of sp³-hybridized carbons (Fsp3) is 0.304. The Morgan fingerprint density at radius 3 is 2.88 bits per heavy atom. The second kappa shape index (κ2) is 8.99. The maximum Gasteiger partial charge on any atom is 0.414 e. The highest BCUT2D eigenvalue weighted by Gasteiger charge is 2.32. The largest absolute Gasteiger partial charge is 0.443 e. The Hall–Kier alpha value is -3.57. The van der Waals surface area contributed by atoms with E-state index in [2.05, 4.69) is 15.6 Å². The first kappa shape index (κ1) is 22.2. The number of aromatic amines is 1. The summed E-state index contributed by atoms with van der Waals surface area (Å²) in [6.45, 7) is 3.10. The van der Waals surface area contributed by atoms with Crippen molar-refractivity contribution in [3.63, 3.8) is 0 Å². The standard InChI is InChI=1S/C23H23N5O5S/c1-13-3-2-4-16-20(13)21(30)27(22(31)26-16)8-7-24-10-15-11-28(23(32)33-15)14-5-6-18-17(9-14)25-19(29)12-34-18/h2-6,9,15,24H,7-8,10-12H2,1H3,(H,25,29)(H,26,31). The van der Waals surface area contributed by atoms with Crippen LogP contribution < -0.4 is 26.8 Å². The molecule has 1 fully saturated rings. The number of carbonyl (C=O) groups excluding carboxylic acids is 2. The summed E-state index contributed by atoms with van der Waals surface area (Å²) in [5.74, 6) is 0.308. The normalized spacial score (nSPS) is 17.6. The SMILES string of the molecule is Cc1cccc2[nH]c(=O)n(CCNCC3CN(c4ccc5c(c4)NC(=O)CS5)C(=O)O3)c(=O)c12. The van der Waals surface area contributed by atoms with Gasteiger partial charge in [0.15, 0.2) is 0 Å². The second-order valence-corrected chi connectivity index (χ2v) is 9.24. The zero-order valence-corrected chi connectivity index (χ0v) is 19.2. The van der Waals surface area contributed by atoms with E-state index in [1.807, 2.05) is 25.1 Å². The Morgan fingerprint density at radius 1 is 1.18 bits per heavy atom. The van der Waals surface area contributed by atoms with E-state index in [4.69, 9.17) is 4.74 Å². The Balaban J connectivity index is 1.20. The lowest BCUT2D eigenvalue weighted by Gasteiger charge is -2.20. The van der Waals surface area contributed by atoms with Crippen molar-refractivity contribution in [1.29, 1.82) is 0 Å². The van der Waals surface area contributed by atoms with Crippen molar-refractivity contribution >= 4 is 46.0 Å². The molecule has 3 aromatic rings. The van der Waals surface area contributed by atoms with Gasteiger partial charge in [0.1, 0.15) is 6.10 Å². The van der Waals surface area contributed by atoms with Gasteiger partial charge >= 0.3 is 11.8 Å². The summed E-state index contributed by atoms with van der Waals surface area (Å²) < 4.78 is 6.64. The lowest BCUT2D eigenvalue weighted by Crippen LogP contribution is -2.39. The number of nitrogens with zero attached hydrogens (tertiary/aromatic N) is 2. The molecule has 3 N–H and O–H groups in total. The van der Waals surface area contributed by atoms with Crippen molar-refractivity contribution in [2.75, 3.05) is 35.6 Å². The monoisotopic (exact) mass is 481 g/mol. The van der Waals surface area contributed by atoms with Gasteiger partial charge in [-0.3, -0.25) is 19.1 Å². The molecule has 0 aliphatic carbocycles. The molecule has 11 heteroatoms. The average Bonchev–Trinajstić information content (AvgIpc) is 3.18. The summed E-state index contributed by atoms with van der Waals surface area (Å²) in [4.78, 5) is 54.5. The molecule has 34 heavy (non-hydrogen) atoms. The van der Waals surface area contributed by atoms with Gasteiger partial charge in [0.05, 0.1) is 28.9 Å². The van der Waals surface area contributed by atoms with E-state index in [1.54, 1.807) is 18.2 Å². The van der Waals surface area contributed by atoms with E-state index in [0.717, 1.165) is 10.5 Å². The number of carbonyl (C=O) groups is 2. The van der Waals surface area contributed by atoms with Gasteiger partial charge in [-0.25, -0.2) is 9.59 Å². The van der Waals surface area contributed by atoms with Crippen LogP contribution in [0.3, 0.4) is 0 Å². The minimum atomic E-state index is -0.459. The summed E-state index contributed by atoms with van der Waals surface area (Å²) in [5, 5.41) is 6.49. The predicted molar refractivity (Wildman–Crippen MR) is 130 cm³/mol. The maximum absolute atomic E-state index is 12.8. The van der Waals surface area contributed by atoms with Crippen LogP contribution in [0.15, 0.2) is 50.9 Å². The van der Waals surface area contributed by atoms with Crippen LogP contribution in [0.4, 0.5) is 16.2 Å². The third kappa shape index (κ3) is 4.19. The van der Waals surface area contributed by atoms with E-state index in [9.17, 15) is 19.2 Å². The average molecular weight is 482 g/mol. The van der Waals surface area contributed by atoms with Gasteiger partial charge in [-0.2, -0.15) is 0 Å². The van der Waals surface area contributed by atoms with E-state index >= 15 is 0 Å². The number of aryl methyl sites for hydroxylation is 1. The smallest absolute Gasteiger partial charge is 0.414 e. The highest BCUT2D eigenvalue weighted by Crippen LogP contribution is 2.35. The first-order valence-corrected chi connectivity index (χ1v) is 11.9. The number of nitrogens with one attached hydrogen (secondary N) is 3. The number of aromatic nitrogens is 2. The van der Waals surface area contributed by atoms with Crippen molar-refractivity contribution in [3.05, 3.63) is 62.8 Å². The fourth-order valence-electron chi connectivity index (χ4n) is 4.20. The van der Waals surface area contributed by atoms with Crippen LogP contribution in [-0.2, 0) is 16.1 Å². The molecule has 2 aliphatic rings. The summed E-state index contributed by atoms with van der Waals surface area (Å²) in [5.41, 5.74) is 1.89. The molecule has 0 radical (unpaired) electrons. The van der Waals surface area contributed by atoms with Crippen LogP contribution in [0.5, 0.6) is 0 Å². The predicted octanol–water partition coefficient (Wildman–Crippen LogP) is 1.66. The lowest BCUT2D eigenvalue weighted by atomic mass is 10.1. The number of rotatable bonds is 6. The number of hydrogen-bond donors (Lipinski definition) is 3. The van der Waals surface area contributed by atoms with Crippen molar-refractivity contribution in [1.82, 2.24) is 14.9 Å². The molecule has 0 spiro atoms. The van der Waals surface area contributed by atoms with E-state index in [1.165, 1.54) is 21.2 Å². The first-order valence-electron chi connectivity index (χ1n) is 10.9. The number of ether oxygens (including phenoxy) is 1. The second-order valence-electron chi connectivity index (χ2n) is 8.22. The molecule has 2 aromatic carbocycles. The number of anilines is 2. The number of fused-ring (bicyclic) bond motifs is 2. The van der Waals surface area contributed by atoms with Crippen LogP contribution >= 0.6 is 11.8 Å². The first-order chi connectivity index (χ1) is 16.4. The van der Waals surface area contributed by atoms with Crippen LogP contribution in [0.2, 0.25) is 0 Å². The quantitative estimate of drug-likeness (QED) is 0.457. The molecule has 10 nitrogen and oxygen atoms in total. The minimum absolute atomic E-state index is 0.0692. The summed E-state index contributed by atoms with van der Waals surface area (Å²) in [7, 11) is 0. The number of amides is 2. The molecule has 176 valence electrons. The van der Waals surface area contributed by atoms with E-state index < -0.39 is 11.8 Å². The topological polar surface area (TPSA) is 126 Å².